The molecule has 1 aromatic carbocycles. The number of para-hydroxylation sites is 1. The van der Waals surface area contributed by atoms with Gasteiger partial charge >= 0.3 is 0 Å². The van der Waals surface area contributed by atoms with Crippen LogP contribution in [0.15, 0.2) is 35.7 Å². The molecule has 3 rings (SSSR count). The minimum atomic E-state index is -0.282. The van der Waals surface area contributed by atoms with Gasteiger partial charge in [-0.2, -0.15) is 0 Å². The number of benzene rings is 1. The van der Waals surface area contributed by atoms with Gasteiger partial charge in [0, 0.05) is 11.4 Å². The number of anilines is 1. The maximum absolute atomic E-state index is 13.7. The van der Waals surface area contributed by atoms with E-state index in [1.807, 2.05) is 0 Å². The molecular formula is C15H15FN2S2. The topological polar surface area (TPSA) is 15.3 Å². The van der Waals surface area contributed by atoms with E-state index in [1.165, 1.54) is 16.5 Å². The largest absolute Gasteiger partial charge is 0.342 e. The van der Waals surface area contributed by atoms with Gasteiger partial charge in [-0.1, -0.05) is 12.1 Å². The third-order valence-corrected chi connectivity index (χ3v) is 4.99. The lowest BCUT2D eigenvalue weighted by Crippen LogP contribution is -2.40. The van der Waals surface area contributed by atoms with E-state index in [4.69, 9.17) is 12.2 Å². The van der Waals surface area contributed by atoms with Crippen LogP contribution in [0.4, 0.5) is 10.1 Å². The Morgan fingerprint density at radius 1 is 1.40 bits per heavy atom. The number of hydrogen-bond acceptors (Lipinski definition) is 2. The van der Waals surface area contributed by atoms with E-state index < -0.39 is 0 Å². The Bertz CT molecular complexity index is 638. The van der Waals surface area contributed by atoms with Crippen LogP contribution >= 0.6 is 23.6 Å². The number of fused-ring (bicyclic) bond motifs is 1. The molecule has 0 amide bonds. The van der Waals surface area contributed by atoms with Crippen molar-refractivity contribution in [2.75, 3.05) is 11.9 Å². The van der Waals surface area contributed by atoms with E-state index in [0.29, 0.717) is 10.8 Å². The number of nitrogens with zero attached hydrogens (tertiary/aromatic N) is 1. The van der Waals surface area contributed by atoms with Crippen LogP contribution in [0, 0.1) is 5.82 Å². The fourth-order valence-electron chi connectivity index (χ4n) is 2.54. The summed E-state index contributed by atoms with van der Waals surface area (Å²) in [5.74, 6) is -0.282. The Kier molecular flexibility index (Phi) is 3.72. The lowest BCUT2D eigenvalue weighted by molar-refractivity contribution is 0.326. The van der Waals surface area contributed by atoms with Crippen molar-refractivity contribution in [1.82, 2.24) is 4.90 Å². The highest BCUT2D eigenvalue weighted by atomic mass is 32.1. The number of thiophene rings is 1. The molecular weight excluding hydrogens is 291 g/mol. The Morgan fingerprint density at radius 2 is 2.20 bits per heavy atom. The third kappa shape index (κ3) is 2.43. The van der Waals surface area contributed by atoms with Gasteiger partial charge in [0.1, 0.15) is 5.82 Å². The third-order valence-electron chi connectivity index (χ3n) is 3.65. The van der Waals surface area contributed by atoms with E-state index in [-0.39, 0.29) is 11.9 Å². The first-order valence-corrected chi connectivity index (χ1v) is 7.84. The molecule has 104 valence electrons. The monoisotopic (exact) mass is 306 g/mol. The van der Waals surface area contributed by atoms with Gasteiger partial charge in [0.2, 0.25) is 0 Å². The van der Waals surface area contributed by atoms with Gasteiger partial charge in [-0.3, -0.25) is 0 Å². The first-order chi connectivity index (χ1) is 9.66. The van der Waals surface area contributed by atoms with E-state index in [1.54, 1.807) is 29.5 Å². The van der Waals surface area contributed by atoms with E-state index in [2.05, 4.69) is 28.6 Å². The highest BCUT2D eigenvalue weighted by Crippen LogP contribution is 2.33. The fraction of sp³-hybridized carbons (Fsp3) is 0.267. The van der Waals surface area contributed by atoms with Gasteiger partial charge in [-0.15, -0.1) is 11.3 Å². The fourth-order valence-corrected chi connectivity index (χ4v) is 3.86. The highest BCUT2D eigenvalue weighted by molar-refractivity contribution is 7.80. The van der Waals surface area contributed by atoms with Crippen molar-refractivity contribution in [3.8, 4) is 0 Å². The molecule has 2 aromatic rings. The summed E-state index contributed by atoms with van der Waals surface area (Å²) in [6.07, 6.45) is 0.996. The molecule has 0 spiro atoms. The SMILES string of the molecule is C[C@@H]1c2ccsc2CCN1C(=S)Nc1ccccc1F. The molecule has 1 aliphatic heterocycles. The zero-order valence-electron chi connectivity index (χ0n) is 11.1. The number of nitrogens with one attached hydrogen (secondary N) is 1. The Labute approximate surface area is 127 Å². The summed E-state index contributed by atoms with van der Waals surface area (Å²) in [4.78, 5) is 3.55. The average molecular weight is 306 g/mol. The molecule has 1 N–H and O–H groups in total. The smallest absolute Gasteiger partial charge is 0.174 e. The normalized spacial score (nSPS) is 17.7. The lowest BCUT2D eigenvalue weighted by Gasteiger charge is -2.35. The van der Waals surface area contributed by atoms with Crippen LogP contribution in [0.2, 0.25) is 0 Å². The molecule has 0 aliphatic carbocycles. The van der Waals surface area contributed by atoms with Crippen molar-refractivity contribution in [2.45, 2.75) is 19.4 Å². The molecule has 0 unspecified atom stereocenters. The predicted octanol–water partition coefficient (Wildman–Crippen LogP) is 4.20. The summed E-state index contributed by atoms with van der Waals surface area (Å²) in [6, 6.07) is 8.99. The van der Waals surface area contributed by atoms with Crippen LogP contribution < -0.4 is 5.32 Å². The molecule has 1 aliphatic rings. The number of thiocarbonyl (C=S) groups is 1. The first kappa shape index (κ1) is 13.5. The quantitative estimate of drug-likeness (QED) is 0.795. The van der Waals surface area contributed by atoms with Crippen molar-refractivity contribution >= 4 is 34.4 Å². The van der Waals surface area contributed by atoms with Crippen molar-refractivity contribution in [2.24, 2.45) is 0 Å². The summed E-state index contributed by atoms with van der Waals surface area (Å²) >= 11 is 7.25. The van der Waals surface area contributed by atoms with Crippen LogP contribution in [0.1, 0.15) is 23.4 Å². The summed E-state index contributed by atoms with van der Waals surface area (Å²) in [5.41, 5.74) is 1.76. The van der Waals surface area contributed by atoms with Gasteiger partial charge in [0.25, 0.3) is 0 Å². The predicted molar refractivity (Wildman–Crippen MR) is 85.8 cm³/mol. The zero-order chi connectivity index (χ0) is 14.1. The summed E-state index contributed by atoms with van der Waals surface area (Å²) in [5, 5.41) is 5.72. The Morgan fingerprint density at radius 3 is 3.00 bits per heavy atom. The van der Waals surface area contributed by atoms with Crippen molar-refractivity contribution in [1.29, 1.82) is 0 Å². The molecule has 1 aromatic heterocycles. The van der Waals surface area contributed by atoms with Crippen LogP contribution in [0.25, 0.3) is 0 Å². The molecule has 0 fully saturated rings. The van der Waals surface area contributed by atoms with E-state index >= 15 is 0 Å². The van der Waals surface area contributed by atoms with Crippen molar-refractivity contribution in [3.05, 3.63) is 52.0 Å². The second kappa shape index (κ2) is 5.50. The van der Waals surface area contributed by atoms with Gasteiger partial charge in [-0.25, -0.2) is 4.39 Å². The van der Waals surface area contributed by atoms with Crippen LogP contribution in [-0.2, 0) is 6.42 Å². The average Bonchev–Trinajstić information content (AvgIpc) is 2.91. The minimum absolute atomic E-state index is 0.233. The van der Waals surface area contributed by atoms with Crippen LogP contribution in [0.3, 0.4) is 0 Å². The van der Waals surface area contributed by atoms with Crippen LogP contribution in [0.5, 0.6) is 0 Å². The maximum atomic E-state index is 13.7. The van der Waals surface area contributed by atoms with E-state index in [0.717, 1.165) is 13.0 Å². The van der Waals surface area contributed by atoms with Crippen molar-refractivity contribution in [3.63, 3.8) is 0 Å². The van der Waals surface area contributed by atoms with Gasteiger partial charge in [-0.05, 0) is 54.7 Å². The summed E-state index contributed by atoms with van der Waals surface area (Å²) < 4.78 is 13.7. The molecule has 2 nitrogen and oxygen atoms in total. The lowest BCUT2D eigenvalue weighted by atomic mass is 10.0. The molecule has 0 saturated heterocycles. The summed E-state index contributed by atoms with van der Waals surface area (Å²) in [6.45, 7) is 3.01. The molecule has 5 heteroatoms. The van der Waals surface area contributed by atoms with Gasteiger partial charge in [0.15, 0.2) is 5.11 Å². The van der Waals surface area contributed by atoms with E-state index in [9.17, 15) is 4.39 Å². The molecule has 2 heterocycles. The van der Waals surface area contributed by atoms with Gasteiger partial charge < -0.3 is 10.2 Å². The maximum Gasteiger partial charge on any atom is 0.174 e. The second-order valence-corrected chi connectivity index (χ2v) is 6.22. The number of rotatable bonds is 1. The molecule has 20 heavy (non-hydrogen) atoms. The van der Waals surface area contributed by atoms with Crippen molar-refractivity contribution < 1.29 is 4.39 Å². The van der Waals surface area contributed by atoms with Crippen LogP contribution in [-0.4, -0.2) is 16.6 Å². The number of hydrogen-bond donors (Lipinski definition) is 1. The second-order valence-electron chi connectivity index (χ2n) is 4.83. The molecule has 0 bridgehead atoms. The Balaban J connectivity index is 1.77. The minimum Gasteiger partial charge on any atom is -0.342 e. The first-order valence-electron chi connectivity index (χ1n) is 6.55. The zero-order valence-corrected chi connectivity index (χ0v) is 12.7. The van der Waals surface area contributed by atoms with Gasteiger partial charge in [0.05, 0.1) is 11.7 Å². The standard InChI is InChI=1S/C15H15FN2S2/c1-10-11-7-9-20-14(11)6-8-18(10)15(19)17-13-5-3-2-4-12(13)16/h2-5,7,9-10H,6,8H2,1H3,(H,17,19)/t10-/m1/s1. The molecule has 1 atom stereocenters. The Hall–Kier alpha value is -1.46. The summed E-state index contributed by atoms with van der Waals surface area (Å²) in [7, 11) is 0. The molecule has 0 radical (unpaired) electrons. The number of halogens is 1. The molecule has 0 saturated carbocycles. The highest BCUT2D eigenvalue weighted by Gasteiger charge is 2.26.